The Morgan fingerprint density at radius 1 is 0.809 bits per heavy atom. The van der Waals surface area contributed by atoms with E-state index >= 15 is 0 Å². The number of nitrogens with one attached hydrogen (secondary N) is 3. The molecule has 4 fully saturated rings. The number of methoxy groups -OCH3 is 1. The second kappa shape index (κ2) is 19.4. The van der Waals surface area contributed by atoms with Gasteiger partial charge in [0, 0.05) is 101 Å². The van der Waals surface area contributed by atoms with E-state index in [1.807, 2.05) is 36.4 Å². The molecule has 4 saturated heterocycles. The number of nitrogens with zero attached hydrogens (tertiary/aromatic N) is 8. The lowest BCUT2D eigenvalue weighted by atomic mass is 9.92. The highest BCUT2D eigenvalue weighted by atomic mass is 35.5. The molecule has 17 nitrogen and oxygen atoms in total. The minimum Gasteiger partial charge on any atom is -0.494 e. The maximum absolute atomic E-state index is 13.4. The number of amides is 3. The van der Waals surface area contributed by atoms with E-state index in [0.29, 0.717) is 83.1 Å². The highest BCUT2D eigenvalue weighted by molar-refractivity contribution is 7.92. The summed E-state index contributed by atoms with van der Waals surface area (Å²) in [5, 5.41) is 9.23. The summed E-state index contributed by atoms with van der Waals surface area (Å²) >= 11 is 6.55. The fourth-order valence-electron chi connectivity index (χ4n) is 11.0. The second-order valence-electron chi connectivity index (χ2n) is 19.0. The Morgan fingerprint density at radius 2 is 1.54 bits per heavy atom. The molecule has 19 heteroatoms. The number of rotatable bonds is 13. The smallest absolute Gasteiger partial charge is 0.255 e. The first-order valence-corrected chi connectivity index (χ1v) is 26.2. The number of piperidine rings is 3. The van der Waals surface area contributed by atoms with Gasteiger partial charge in [0.2, 0.25) is 27.8 Å². The lowest BCUT2D eigenvalue weighted by molar-refractivity contribution is -0.136. The maximum Gasteiger partial charge on any atom is 0.255 e. The quantitative estimate of drug-likeness (QED) is 0.141. The Balaban J connectivity index is 0.662. The summed E-state index contributed by atoms with van der Waals surface area (Å²) in [5.41, 5.74) is 6.66. The fraction of sp³-hybridized carbons (Fsp3) is 0.490. The van der Waals surface area contributed by atoms with Crippen LogP contribution in [0, 0.1) is 5.92 Å². The average Bonchev–Trinajstić information content (AvgIpc) is 3.94. The number of sulfonamides is 1. The maximum atomic E-state index is 13.4. The molecular formula is C49H60ClN11O6S. The van der Waals surface area contributed by atoms with Gasteiger partial charge in [-0.3, -0.25) is 28.9 Å². The predicted molar refractivity (Wildman–Crippen MR) is 264 cm³/mol. The third-order valence-corrected chi connectivity index (χ3v) is 16.3. The minimum absolute atomic E-state index is 0.118. The molecule has 3 aromatic carbocycles. The lowest BCUT2D eigenvalue weighted by Gasteiger charge is -2.43. The molecule has 6 aliphatic heterocycles. The van der Waals surface area contributed by atoms with Crippen LogP contribution in [0.4, 0.5) is 40.2 Å². The summed E-state index contributed by atoms with van der Waals surface area (Å²) in [6.07, 6.45) is 9.69. The van der Waals surface area contributed by atoms with Crippen LogP contribution in [0.1, 0.15) is 66.4 Å². The van der Waals surface area contributed by atoms with Crippen molar-refractivity contribution in [2.45, 2.75) is 70.0 Å². The Morgan fingerprint density at radius 3 is 2.28 bits per heavy atom. The number of para-hydroxylation sites is 1. The molecule has 7 heterocycles. The molecule has 0 spiro atoms. The van der Waals surface area contributed by atoms with Crippen LogP contribution in [0.25, 0.3) is 0 Å². The zero-order valence-corrected chi connectivity index (χ0v) is 40.3. The van der Waals surface area contributed by atoms with Crippen LogP contribution in [0.2, 0.25) is 5.02 Å². The van der Waals surface area contributed by atoms with Crippen LogP contribution in [0.15, 0.2) is 60.8 Å². The molecule has 3 N–H and O–H groups in total. The minimum atomic E-state index is -3.46. The first kappa shape index (κ1) is 46.1. The number of ether oxygens (including phenoxy) is 1. The summed E-state index contributed by atoms with van der Waals surface area (Å²) < 4.78 is 32.4. The van der Waals surface area contributed by atoms with Crippen LogP contribution >= 0.6 is 11.6 Å². The molecule has 4 aromatic rings. The molecular weight excluding hydrogens is 906 g/mol. The van der Waals surface area contributed by atoms with Gasteiger partial charge in [0.15, 0.2) is 5.82 Å². The van der Waals surface area contributed by atoms with Gasteiger partial charge < -0.3 is 35.0 Å². The van der Waals surface area contributed by atoms with E-state index in [-0.39, 0.29) is 24.1 Å². The van der Waals surface area contributed by atoms with Crippen molar-refractivity contribution in [3.8, 4) is 5.75 Å². The molecule has 0 radical (unpaired) electrons. The number of anilines is 7. The van der Waals surface area contributed by atoms with Crippen LogP contribution in [0.5, 0.6) is 5.75 Å². The van der Waals surface area contributed by atoms with E-state index in [2.05, 4.69) is 63.7 Å². The number of aromatic nitrogens is 2. The number of halogens is 1. The number of fused-ring (bicyclic) bond motifs is 2. The Hall–Kier alpha value is -5.69. The van der Waals surface area contributed by atoms with E-state index in [9.17, 15) is 22.8 Å². The number of carbonyl (C=O) groups is 3. The molecule has 1 unspecified atom stereocenters. The van der Waals surface area contributed by atoms with Gasteiger partial charge in [-0.2, -0.15) is 4.98 Å². The highest BCUT2D eigenvalue weighted by Crippen LogP contribution is 2.40. The van der Waals surface area contributed by atoms with Gasteiger partial charge in [0.05, 0.1) is 36.6 Å². The highest BCUT2D eigenvalue weighted by Gasteiger charge is 2.40. The molecule has 68 heavy (non-hydrogen) atoms. The Labute approximate surface area is 403 Å². The Kier molecular flexibility index (Phi) is 13.1. The standard InChI is InChI=1S/C49H60ClN11O6S/c1-67-43-29-37(8-9-40(43)53-49-51-30-39(50)46(55-49)52-41-5-3-4-33-15-23-61(45(33)41)68(2,65)66)58-21-16-35(17-22-58)59-26-24-56(25-27-59)18-12-32-13-19-57(20-14-32)36-7-6-34-31-60(48(64)38(34)28-36)42-10-11-44(62)54-47(42)63/h3-9,28-30,32,35,42H,10-27,31H2,1-2H3,(H,54,62,63)(H2,51,52,53,55). The van der Waals surface area contributed by atoms with Crippen LogP contribution < -0.4 is 34.8 Å². The molecule has 1 aromatic heterocycles. The van der Waals surface area contributed by atoms with Crippen molar-refractivity contribution in [2.24, 2.45) is 5.92 Å². The van der Waals surface area contributed by atoms with Gasteiger partial charge in [-0.25, -0.2) is 13.4 Å². The largest absolute Gasteiger partial charge is 0.494 e. The molecule has 0 saturated carbocycles. The van der Waals surface area contributed by atoms with Crippen molar-refractivity contribution in [2.75, 3.05) is 104 Å². The molecule has 1 atom stereocenters. The summed E-state index contributed by atoms with van der Waals surface area (Å²) in [4.78, 5) is 58.4. The van der Waals surface area contributed by atoms with Gasteiger partial charge >= 0.3 is 0 Å². The zero-order chi connectivity index (χ0) is 47.1. The van der Waals surface area contributed by atoms with Crippen molar-refractivity contribution < 1.29 is 27.5 Å². The number of carbonyl (C=O) groups excluding carboxylic acids is 3. The summed E-state index contributed by atoms with van der Waals surface area (Å²) in [6, 6.07) is 17.9. The van der Waals surface area contributed by atoms with Gasteiger partial charge in [0.1, 0.15) is 16.8 Å². The van der Waals surface area contributed by atoms with Gasteiger partial charge in [-0.1, -0.05) is 29.8 Å². The number of piperazine rings is 1. The van der Waals surface area contributed by atoms with Crippen molar-refractivity contribution in [3.63, 3.8) is 0 Å². The molecule has 0 bridgehead atoms. The molecule has 6 aliphatic rings. The predicted octanol–water partition coefficient (Wildman–Crippen LogP) is 5.60. The van der Waals surface area contributed by atoms with Crippen LogP contribution in [0.3, 0.4) is 0 Å². The summed E-state index contributed by atoms with van der Waals surface area (Å²) in [5.74, 6) is 1.26. The van der Waals surface area contributed by atoms with Crippen molar-refractivity contribution in [1.82, 2.24) is 30.0 Å². The summed E-state index contributed by atoms with van der Waals surface area (Å²) in [6.45, 7) is 10.2. The average molecular weight is 967 g/mol. The van der Waals surface area contributed by atoms with Crippen molar-refractivity contribution >= 4 is 79.5 Å². The van der Waals surface area contributed by atoms with Gasteiger partial charge in [-0.15, -0.1) is 0 Å². The topological polar surface area (TPSA) is 176 Å². The van der Waals surface area contributed by atoms with E-state index in [4.69, 9.17) is 16.3 Å². The third kappa shape index (κ3) is 9.65. The molecule has 360 valence electrons. The van der Waals surface area contributed by atoms with E-state index in [1.54, 1.807) is 12.0 Å². The SMILES string of the molecule is COc1cc(N2CCC(N3CCN(CCC4CCN(c5ccc6c(c5)C(=O)N(C5CCC(=O)NC5=O)C6)CC4)CC3)CC2)ccc1Nc1ncc(Cl)c(Nc2cccc3c2N(S(C)(=O)=O)CC3)n1. The Bertz CT molecular complexity index is 2680. The van der Waals surface area contributed by atoms with Crippen molar-refractivity contribution in [1.29, 1.82) is 0 Å². The monoisotopic (exact) mass is 965 g/mol. The fourth-order valence-corrected chi connectivity index (χ4v) is 12.1. The van der Waals surface area contributed by atoms with E-state index in [0.717, 1.165) is 107 Å². The van der Waals surface area contributed by atoms with Crippen LogP contribution in [-0.2, 0) is 32.6 Å². The first-order valence-electron chi connectivity index (χ1n) is 24.0. The number of hydrogen-bond acceptors (Lipinski definition) is 14. The van der Waals surface area contributed by atoms with Gasteiger partial charge in [-0.05, 0) is 98.9 Å². The van der Waals surface area contributed by atoms with E-state index < -0.39 is 16.1 Å². The number of hydrogen-bond donors (Lipinski definition) is 3. The molecule has 0 aliphatic carbocycles. The van der Waals surface area contributed by atoms with Crippen LogP contribution in [-0.4, -0.2) is 142 Å². The number of benzene rings is 3. The third-order valence-electron chi connectivity index (χ3n) is 14.9. The van der Waals surface area contributed by atoms with E-state index in [1.165, 1.54) is 23.2 Å². The normalized spacial score (nSPS) is 21.0. The molecule has 3 amide bonds. The molecule has 10 rings (SSSR count). The van der Waals surface area contributed by atoms with Gasteiger partial charge in [0.25, 0.3) is 5.91 Å². The number of imide groups is 1. The second-order valence-corrected chi connectivity index (χ2v) is 21.3. The zero-order valence-electron chi connectivity index (χ0n) is 38.8. The van der Waals surface area contributed by atoms with Crippen molar-refractivity contribution in [3.05, 3.63) is 82.5 Å². The summed E-state index contributed by atoms with van der Waals surface area (Å²) in [7, 11) is -1.80. The first-order chi connectivity index (χ1) is 32.9. The lowest BCUT2D eigenvalue weighted by Crippen LogP contribution is -2.53.